The average Bonchev–Trinajstić information content (AvgIpc) is 3.03. The molecule has 2 fully saturated rings. The third-order valence-electron chi connectivity index (χ3n) is 6.02. The van der Waals surface area contributed by atoms with E-state index in [1.54, 1.807) is 0 Å². The summed E-state index contributed by atoms with van der Waals surface area (Å²) in [4.78, 5) is 40.2. The molecule has 0 bridgehead atoms. The van der Waals surface area contributed by atoms with Crippen LogP contribution in [-0.4, -0.2) is 73.1 Å². The van der Waals surface area contributed by atoms with E-state index in [2.05, 4.69) is 5.32 Å². The van der Waals surface area contributed by atoms with Gasteiger partial charge in [-0.3, -0.25) is 14.5 Å². The minimum atomic E-state index is -3.85. The molecule has 2 aromatic carbocycles. The molecule has 2 heterocycles. The number of amides is 4. The summed E-state index contributed by atoms with van der Waals surface area (Å²) in [5.74, 6) is -2.51. The standard InChI is InChI=1S/C22H22F2N4O5S/c1-22(17-4-2-3-5-18(17)24)20(30)28(21(31)25-22)14-19(29)26-10-12-27(13-11-26)34(32,33)16-8-6-15(23)7-9-16/h2-9H,10-14H2,1H3,(H,25,31). The van der Waals surface area contributed by atoms with Crippen molar-refractivity contribution in [1.82, 2.24) is 19.4 Å². The highest BCUT2D eigenvalue weighted by molar-refractivity contribution is 7.89. The fourth-order valence-corrected chi connectivity index (χ4v) is 5.48. The number of benzene rings is 2. The van der Waals surface area contributed by atoms with Crippen LogP contribution < -0.4 is 5.32 Å². The van der Waals surface area contributed by atoms with Crippen LogP contribution in [0.2, 0.25) is 0 Å². The summed E-state index contributed by atoms with van der Waals surface area (Å²) in [5, 5.41) is 2.46. The molecule has 2 aromatic rings. The minimum absolute atomic E-state index is 0.00145. The maximum Gasteiger partial charge on any atom is 0.325 e. The number of carbonyl (C=O) groups excluding carboxylic acids is 3. The van der Waals surface area contributed by atoms with Crippen molar-refractivity contribution in [2.45, 2.75) is 17.4 Å². The SMILES string of the molecule is CC1(c2ccccc2F)NC(=O)N(CC(=O)N2CCN(S(=O)(=O)c3ccc(F)cc3)CC2)C1=O. The summed E-state index contributed by atoms with van der Waals surface area (Å²) in [6, 6.07) is 9.20. The van der Waals surface area contributed by atoms with E-state index in [-0.39, 0.29) is 36.6 Å². The van der Waals surface area contributed by atoms with Crippen molar-refractivity contribution in [3.05, 3.63) is 65.7 Å². The highest BCUT2D eigenvalue weighted by Crippen LogP contribution is 2.30. The molecule has 2 aliphatic heterocycles. The lowest BCUT2D eigenvalue weighted by Gasteiger charge is -2.34. The Morgan fingerprint density at radius 2 is 1.62 bits per heavy atom. The molecule has 0 aliphatic carbocycles. The van der Waals surface area contributed by atoms with E-state index in [1.807, 2.05) is 0 Å². The molecule has 4 amide bonds. The Morgan fingerprint density at radius 1 is 1.00 bits per heavy atom. The molecule has 12 heteroatoms. The van der Waals surface area contributed by atoms with E-state index >= 15 is 0 Å². The van der Waals surface area contributed by atoms with Gasteiger partial charge in [0.05, 0.1) is 4.90 Å². The van der Waals surface area contributed by atoms with Gasteiger partial charge in [-0.1, -0.05) is 18.2 Å². The summed E-state index contributed by atoms with van der Waals surface area (Å²) >= 11 is 0. The van der Waals surface area contributed by atoms with Gasteiger partial charge in [0.2, 0.25) is 15.9 Å². The first-order chi connectivity index (χ1) is 16.0. The maximum atomic E-state index is 14.3. The zero-order valence-corrected chi connectivity index (χ0v) is 19.0. The van der Waals surface area contributed by atoms with Gasteiger partial charge in [-0.05, 0) is 37.3 Å². The Hall–Kier alpha value is -3.38. The van der Waals surface area contributed by atoms with Crippen LogP contribution >= 0.6 is 0 Å². The summed E-state index contributed by atoms with van der Waals surface area (Å²) in [6.07, 6.45) is 0. The second-order valence-corrected chi connectivity index (χ2v) is 10.1. The molecule has 4 rings (SSSR count). The van der Waals surface area contributed by atoms with Crippen molar-refractivity contribution in [3.8, 4) is 0 Å². The lowest BCUT2D eigenvalue weighted by atomic mass is 9.91. The molecule has 1 N–H and O–H groups in total. The van der Waals surface area contributed by atoms with Gasteiger partial charge in [-0.25, -0.2) is 22.0 Å². The Labute approximate surface area is 195 Å². The Bertz CT molecular complexity index is 1250. The normalized spacial score (nSPS) is 21.6. The first-order valence-corrected chi connectivity index (χ1v) is 11.9. The van der Waals surface area contributed by atoms with Crippen LogP contribution in [0, 0.1) is 11.6 Å². The summed E-state index contributed by atoms with van der Waals surface area (Å²) in [6.45, 7) is 0.909. The monoisotopic (exact) mass is 492 g/mol. The van der Waals surface area contributed by atoms with E-state index in [4.69, 9.17) is 0 Å². The number of nitrogens with zero attached hydrogens (tertiary/aromatic N) is 3. The number of rotatable bonds is 5. The fraction of sp³-hybridized carbons (Fsp3) is 0.318. The minimum Gasteiger partial charge on any atom is -0.338 e. The van der Waals surface area contributed by atoms with Crippen molar-refractivity contribution in [3.63, 3.8) is 0 Å². The predicted molar refractivity (Wildman–Crippen MR) is 116 cm³/mol. The van der Waals surface area contributed by atoms with E-state index < -0.39 is 51.6 Å². The third-order valence-corrected chi connectivity index (χ3v) is 7.94. The van der Waals surface area contributed by atoms with E-state index in [0.29, 0.717) is 0 Å². The van der Waals surface area contributed by atoms with Crippen molar-refractivity contribution >= 4 is 27.9 Å². The average molecular weight is 493 g/mol. The van der Waals surface area contributed by atoms with Crippen LogP contribution in [0.4, 0.5) is 13.6 Å². The molecule has 0 spiro atoms. The zero-order valence-electron chi connectivity index (χ0n) is 18.2. The molecule has 2 saturated heterocycles. The van der Waals surface area contributed by atoms with Crippen molar-refractivity contribution < 1.29 is 31.6 Å². The van der Waals surface area contributed by atoms with Gasteiger partial charge in [-0.2, -0.15) is 4.31 Å². The van der Waals surface area contributed by atoms with Crippen molar-refractivity contribution in [2.24, 2.45) is 0 Å². The molecule has 1 unspecified atom stereocenters. The van der Waals surface area contributed by atoms with Crippen LogP contribution in [0.3, 0.4) is 0 Å². The van der Waals surface area contributed by atoms with E-state index in [1.165, 1.54) is 52.5 Å². The second kappa shape index (κ2) is 8.76. The number of carbonyl (C=O) groups is 3. The van der Waals surface area contributed by atoms with Gasteiger partial charge in [0.1, 0.15) is 23.7 Å². The van der Waals surface area contributed by atoms with Crippen molar-refractivity contribution in [1.29, 1.82) is 0 Å². The van der Waals surface area contributed by atoms with Gasteiger partial charge in [0.15, 0.2) is 0 Å². The van der Waals surface area contributed by atoms with Gasteiger partial charge < -0.3 is 10.2 Å². The molecular weight excluding hydrogens is 470 g/mol. The van der Waals surface area contributed by atoms with E-state index in [0.717, 1.165) is 17.0 Å². The molecule has 1 atom stereocenters. The van der Waals surface area contributed by atoms with Gasteiger partial charge in [0.25, 0.3) is 5.91 Å². The number of hydrogen-bond acceptors (Lipinski definition) is 5. The number of imide groups is 1. The van der Waals surface area contributed by atoms with Crippen LogP contribution in [0.15, 0.2) is 53.4 Å². The lowest BCUT2D eigenvalue weighted by Crippen LogP contribution is -2.53. The Balaban J connectivity index is 1.40. The Morgan fingerprint density at radius 3 is 2.24 bits per heavy atom. The number of sulfonamides is 1. The molecule has 180 valence electrons. The smallest absolute Gasteiger partial charge is 0.325 e. The number of halogens is 2. The van der Waals surface area contributed by atoms with Crippen LogP contribution in [-0.2, 0) is 25.2 Å². The largest absolute Gasteiger partial charge is 0.338 e. The molecule has 0 aromatic heterocycles. The fourth-order valence-electron chi connectivity index (χ4n) is 4.06. The first kappa shape index (κ1) is 23.8. The summed E-state index contributed by atoms with van der Waals surface area (Å²) < 4.78 is 54.1. The highest BCUT2D eigenvalue weighted by Gasteiger charge is 2.51. The quantitative estimate of drug-likeness (QED) is 0.633. The second-order valence-electron chi connectivity index (χ2n) is 8.17. The van der Waals surface area contributed by atoms with Gasteiger partial charge in [0, 0.05) is 31.7 Å². The van der Waals surface area contributed by atoms with Gasteiger partial charge in [-0.15, -0.1) is 0 Å². The third kappa shape index (κ3) is 4.14. The molecule has 9 nitrogen and oxygen atoms in total. The topological polar surface area (TPSA) is 107 Å². The Kier molecular flexibility index (Phi) is 6.13. The van der Waals surface area contributed by atoms with Crippen LogP contribution in [0.25, 0.3) is 0 Å². The van der Waals surface area contributed by atoms with Crippen molar-refractivity contribution in [2.75, 3.05) is 32.7 Å². The molecule has 0 radical (unpaired) electrons. The highest BCUT2D eigenvalue weighted by atomic mass is 32.2. The molecular formula is C22H22F2N4O5S. The molecule has 0 saturated carbocycles. The summed E-state index contributed by atoms with van der Waals surface area (Å²) in [5.41, 5.74) is -1.66. The van der Waals surface area contributed by atoms with Crippen LogP contribution in [0.5, 0.6) is 0 Å². The van der Waals surface area contributed by atoms with Crippen LogP contribution in [0.1, 0.15) is 12.5 Å². The summed E-state index contributed by atoms with van der Waals surface area (Å²) in [7, 11) is -3.85. The van der Waals surface area contributed by atoms with E-state index in [9.17, 15) is 31.6 Å². The lowest BCUT2D eigenvalue weighted by molar-refractivity contribution is -0.139. The molecule has 2 aliphatic rings. The first-order valence-electron chi connectivity index (χ1n) is 10.5. The van der Waals surface area contributed by atoms with Gasteiger partial charge >= 0.3 is 6.03 Å². The maximum absolute atomic E-state index is 14.3. The molecule has 34 heavy (non-hydrogen) atoms. The number of piperazine rings is 1. The predicted octanol–water partition coefficient (Wildman–Crippen LogP) is 1.26. The zero-order chi connectivity index (χ0) is 24.7. The number of hydrogen-bond donors (Lipinski definition) is 1. The number of nitrogens with one attached hydrogen (secondary N) is 1. The number of urea groups is 1.